The summed E-state index contributed by atoms with van der Waals surface area (Å²) in [5.41, 5.74) is 0. The van der Waals surface area contributed by atoms with Crippen molar-refractivity contribution < 1.29 is 8.42 Å². The van der Waals surface area contributed by atoms with Crippen molar-refractivity contribution in [2.45, 2.75) is 45.1 Å². The molecule has 0 aromatic heterocycles. The van der Waals surface area contributed by atoms with Gasteiger partial charge in [0.15, 0.2) is 0 Å². The van der Waals surface area contributed by atoms with Crippen LogP contribution in [-0.4, -0.2) is 55.6 Å². The molecule has 0 aromatic carbocycles. The molecule has 0 unspecified atom stereocenters. The molecule has 1 aliphatic heterocycles. The van der Waals surface area contributed by atoms with E-state index in [1.807, 2.05) is 0 Å². The molecule has 4 aliphatic carbocycles. The van der Waals surface area contributed by atoms with E-state index < -0.39 is 10.0 Å². The Bertz CT molecular complexity index is 468. The Kier molecular flexibility index (Phi) is 3.58. The van der Waals surface area contributed by atoms with E-state index in [9.17, 15) is 8.42 Å². The zero-order valence-corrected chi connectivity index (χ0v) is 13.9. The molecular formula is C16H28N2O2S. The number of nitrogens with zero attached hydrogens (tertiary/aromatic N) is 2. The zero-order chi connectivity index (χ0) is 14.6. The fourth-order valence-electron chi connectivity index (χ4n) is 5.96. The first-order valence-electron chi connectivity index (χ1n) is 8.78. The molecule has 0 amide bonds. The van der Waals surface area contributed by atoms with Gasteiger partial charge in [0.1, 0.15) is 0 Å². The first-order chi connectivity index (χ1) is 10.1. The van der Waals surface area contributed by atoms with Gasteiger partial charge in [-0.3, -0.25) is 4.90 Å². The molecule has 4 saturated carbocycles. The van der Waals surface area contributed by atoms with E-state index in [4.69, 9.17) is 0 Å². The average molecular weight is 312 g/mol. The highest BCUT2D eigenvalue weighted by molar-refractivity contribution is 7.89. The molecule has 0 N–H and O–H groups in total. The van der Waals surface area contributed by atoms with Gasteiger partial charge >= 0.3 is 0 Å². The summed E-state index contributed by atoms with van der Waals surface area (Å²) in [5, 5.41) is 0. The van der Waals surface area contributed by atoms with Crippen LogP contribution in [-0.2, 0) is 10.0 Å². The molecule has 1 saturated heterocycles. The molecule has 21 heavy (non-hydrogen) atoms. The van der Waals surface area contributed by atoms with Gasteiger partial charge in [0.2, 0.25) is 10.0 Å². The predicted molar refractivity (Wildman–Crippen MR) is 83.4 cm³/mol. The maximum Gasteiger partial charge on any atom is 0.213 e. The third-order valence-corrected chi connectivity index (χ3v) is 8.51. The van der Waals surface area contributed by atoms with Gasteiger partial charge in [-0.25, -0.2) is 8.42 Å². The lowest BCUT2D eigenvalue weighted by atomic mass is 9.54. The van der Waals surface area contributed by atoms with E-state index >= 15 is 0 Å². The van der Waals surface area contributed by atoms with Crippen LogP contribution >= 0.6 is 0 Å². The highest BCUT2D eigenvalue weighted by Gasteiger charge is 2.50. The van der Waals surface area contributed by atoms with Gasteiger partial charge in [0.05, 0.1) is 5.75 Å². The molecule has 5 heteroatoms. The first kappa shape index (κ1) is 14.5. The second-order valence-electron chi connectivity index (χ2n) is 7.76. The number of rotatable bonds is 3. The molecule has 1 heterocycles. The van der Waals surface area contributed by atoms with Gasteiger partial charge < -0.3 is 0 Å². The highest BCUT2D eigenvalue weighted by Crippen LogP contribution is 2.55. The molecule has 0 radical (unpaired) electrons. The second-order valence-corrected chi connectivity index (χ2v) is 10.0. The Morgan fingerprint density at radius 2 is 1.38 bits per heavy atom. The van der Waals surface area contributed by atoms with Crippen LogP contribution in [0.1, 0.15) is 39.0 Å². The minimum atomic E-state index is -2.99. The van der Waals surface area contributed by atoms with Crippen molar-refractivity contribution in [3.05, 3.63) is 0 Å². The number of hydrogen-bond donors (Lipinski definition) is 0. The SMILES string of the molecule is CCS(=O)(=O)N1CCN(C2C3CC4CC(C3)CC2C4)CC1. The summed E-state index contributed by atoms with van der Waals surface area (Å²) in [6.07, 6.45) is 7.30. The van der Waals surface area contributed by atoms with E-state index in [0.717, 1.165) is 42.8 Å². The Morgan fingerprint density at radius 3 is 1.86 bits per heavy atom. The molecule has 5 fully saturated rings. The normalized spacial score (nSPS) is 44.3. The van der Waals surface area contributed by atoms with Crippen molar-refractivity contribution in [1.29, 1.82) is 0 Å². The summed E-state index contributed by atoms with van der Waals surface area (Å²) in [4.78, 5) is 2.65. The quantitative estimate of drug-likeness (QED) is 0.797. The smallest absolute Gasteiger partial charge is 0.213 e. The van der Waals surface area contributed by atoms with Crippen LogP contribution in [0.3, 0.4) is 0 Å². The van der Waals surface area contributed by atoms with Crippen LogP contribution in [0, 0.1) is 23.7 Å². The molecule has 0 aromatic rings. The average Bonchev–Trinajstić information content (AvgIpc) is 2.47. The van der Waals surface area contributed by atoms with Crippen molar-refractivity contribution in [2.24, 2.45) is 23.7 Å². The Hall–Kier alpha value is -0.130. The third kappa shape index (κ3) is 2.45. The number of piperazine rings is 1. The lowest BCUT2D eigenvalue weighted by Crippen LogP contribution is -2.60. The maximum absolute atomic E-state index is 12.0. The molecule has 5 aliphatic rings. The van der Waals surface area contributed by atoms with E-state index in [1.165, 1.54) is 32.1 Å². The largest absolute Gasteiger partial charge is 0.297 e. The summed E-state index contributed by atoms with van der Waals surface area (Å²) in [6.45, 7) is 5.07. The minimum absolute atomic E-state index is 0.241. The monoisotopic (exact) mass is 312 g/mol. The summed E-state index contributed by atoms with van der Waals surface area (Å²) < 4.78 is 25.7. The fourth-order valence-corrected chi connectivity index (χ4v) is 7.04. The van der Waals surface area contributed by atoms with Crippen molar-refractivity contribution in [1.82, 2.24) is 9.21 Å². The fraction of sp³-hybridized carbons (Fsp3) is 1.00. The second kappa shape index (κ2) is 5.20. The van der Waals surface area contributed by atoms with Crippen LogP contribution in [0.2, 0.25) is 0 Å². The van der Waals surface area contributed by atoms with Crippen LogP contribution in [0.15, 0.2) is 0 Å². The summed E-state index contributed by atoms with van der Waals surface area (Å²) >= 11 is 0. The molecule has 4 nitrogen and oxygen atoms in total. The highest BCUT2D eigenvalue weighted by atomic mass is 32.2. The van der Waals surface area contributed by atoms with Gasteiger partial charge in [-0.2, -0.15) is 4.31 Å². The summed E-state index contributed by atoms with van der Waals surface area (Å²) in [6, 6.07) is 0.768. The van der Waals surface area contributed by atoms with E-state index in [0.29, 0.717) is 13.1 Å². The molecule has 120 valence electrons. The van der Waals surface area contributed by atoms with Crippen LogP contribution < -0.4 is 0 Å². The van der Waals surface area contributed by atoms with Crippen LogP contribution in [0.5, 0.6) is 0 Å². The predicted octanol–water partition coefficient (Wildman–Crippen LogP) is 1.78. The van der Waals surface area contributed by atoms with Crippen LogP contribution in [0.25, 0.3) is 0 Å². The van der Waals surface area contributed by atoms with Crippen molar-refractivity contribution in [2.75, 3.05) is 31.9 Å². The van der Waals surface area contributed by atoms with Crippen molar-refractivity contribution >= 4 is 10.0 Å². The minimum Gasteiger partial charge on any atom is -0.297 e. The summed E-state index contributed by atoms with van der Waals surface area (Å²) in [5.74, 6) is 4.10. The molecule has 4 bridgehead atoms. The third-order valence-electron chi connectivity index (χ3n) is 6.63. The summed E-state index contributed by atoms with van der Waals surface area (Å²) in [7, 11) is -2.99. The maximum atomic E-state index is 12.0. The standard InChI is InChI=1S/C16H28N2O2S/c1-2-21(19,20)18-5-3-17(4-6-18)16-14-8-12-7-13(10-14)11-15(16)9-12/h12-16H,2-11H2,1H3. The van der Waals surface area contributed by atoms with E-state index in [1.54, 1.807) is 11.2 Å². The van der Waals surface area contributed by atoms with Gasteiger partial charge in [-0.1, -0.05) is 0 Å². The molecular weight excluding hydrogens is 284 g/mol. The van der Waals surface area contributed by atoms with Gasteiger partial charge in [-0.15, -0.1) is 0 Å². The van der Waals surface area contributed by atoms with Crippen molar-refractivity contribution in [3.8, 4) is 0 Å². The van der Waals surface area contributed by atoms with E-state index in [2.05, 4.69) is 4.90 Å². The van der Waals surface area contributed by atoms with Crippen LogP contribution in [0.4, 0.5) is 0 Å². The first-order valence-corrected chi connectivity index (χ1v) is 10.4. The molecule has 0 atom stereocenters. The molecule has 5 rings (SSSR count). The Balaban J connectivity index is 1.43. The van der Waals surface area contributed by atoms with Gasteiger partial charge in [0, 0.05) is 32.2 Å². The Morgan fingerprint density at radius 1 is 0.857 bits per heavy atom. The lowest BCUT2D eigenvalue weighted by molar-refractivity contribution is -0.0720. The van der Waals surface area contributed by atoms with Crippen molar-refractivity contribution in [3.63, 3.8) is 0 Å². The van der Waals surface area contributed by atoms with Gasteiger partial charge in [-0.05, 0) is 62.7 Å². The van der Waals surface area contributed by atoms with E-state index in [-0.39, 0.29) is 5.75 Å². The number of hydrogen-bond acceptors (Lipinski definition) is 3. The molecule has 0 spiro atoms. The topological polar surface area (TPSA) is 40.6 Å². The zero-order valence-electron chi connectivity index (χ0n) is 13.1. The van der Waals surface area contributed by atoms with Gasteiger partial charge in [0.25, 0.3) is 0 Å². The Labute approximate surface area is 128 Å². The lowest BCUT2D eigenvalue weighted by Gasteiger charge is -2.58. The number of sulfonamides is 1.